The average Bonchev–Trinajstić information content (AvgIpc) is 2.38. The van der Waals surface area contributed by atoms with E-state index in [0.717, 1.165) is 19.5 Å². The molecule has 1 aliphatic rings. The van der Waals surface area contributed by atoms with E-state index in [1.54, 1.807) is 0 Å². The Morgan fingerprint density at radius 2 is 1.90 bits per heavy atom. The predicted octanol–water partition coefficient (Wildman–Crippen LogP) is 1.20. The molecule has 1 heterocycles. The van der Waals surface area contributed by atoms with E-state index in [0.29, 0.717) is 0 Å². The summed E-state index contributed by atoms with van der Waals surface area (Å²) in [6.07, 6.45) is 3.32. The molecule has 2 nitrogen and oxygen atoms in total. The average molecular weight is 143 g/mol. The van der Waals surface area contributed by atoms with Crippen LogP contribution in [-0.2, 0) is 0 Å². The molecule has 0 aromatic heterocycles. The van der Waals surface area contributed by atoms with Gasteiger partial charge in [-0.1, -0.05) is 6.92 Å². The van der Waals surface area contributed by atoms with Crippen LogP contribution in [0, 0.1) is 0 Å². The van der Waals surface area contributed by atoms with Crippen LogP contribution in [0.25, 0.3) is 0 Å². The summed E-state index contributed by atoms with van der Waals surface area (Å²) < 4.78 is 0. The first-order chi connectivity index (χ1) is 4.67. The molecule has 1 N–H and O–H groups in total. The molecule has 60 valence electrons. The highest BCUT2D eigenvalue weighted by Gasteiger charge is 2.28. The maximum Gasteiger partial charge on any atom is 0.115 e. The van der Waals surface area contributed by atoms with Crippen molar-refractivity contribution < 1.29 is 5.11 Å². The zero-order valence-electron chi connectivity index (χ0n) is 6.93. The van der Waals surface area contributed by atoms with E-state index in [2.05, 4.69) is 4.90 Å². The van der Waals surface area contributed by atoms with E-state index < -0.39 is 5.72 Å². The van der Waals surface area contributed by atoms with Crippen molar-refractivity contribution in [2.75, 3.05) is 13.1 Å². The third kappa shape index (κ3) is 1.50. The van der Waals surface area contributed by atoms with Gasteiger partial charge in [0.05, 0.1) is 0 Å². The molecule has 0 saturated carbocycles. The Morgan fingerprint density at radius 1 is 1.40 bits per heavy atom. The summed E-state index contributed by atoms with van der Waals surface area (Å²) in [7, 11) is 0. The smallest absolute Gasteiger partial charge is 0.115 e. The Kier molecular flexibility index (Phi) is 2.32. The maximum atomic E-state index is 9.75. The SMILES string of the molecule is CCC(C)(O)N1CCCC1. The molecule has 1 unspecified atom stereocenters. The summed E-state index contributed by atoms with van der Waals surface area (Å²) in [5.74, 6) is 0. The topological polar surface area (TPSA) is 23.5 Å². The van der Waals surface area contributed by atoms with Crippen LogP contribution in [0.2, 0.25) is 0 Å². The lowest BCUT2D eigenvalue weighted by Gasteiger charge is -2.32. The first-order valence-corrected chi connectivity index (χ1v) is 4.14. The standard InChI is InChI=1S/C8H17NO/c1-3-8(2,10)9-6-4-5-7-9/h10H,3-7H2,1-2H3. The molecule has 1 atom stereocenters. The molecular weight excluding hydrogens is 126 g/mol. The lowest BCUT2D eigenvalue weighted by molar-refractivity contribution is -0.0837. The molecule has 0 amide bonds. The van der Waals surface area contributed by atoms with Gasteiger partial charge in [0.2, 0.25) is 0 Å². The monoisotopic (exact) mass is 143 g/mol. The normalized spacial score (nSPS) is 26.7. The lowest BCUT2D eigenvalue weighted by atomic mass is 10.2. The lowest BCUT2D eigenvalue weighted by Crippen LogP contribution is -2.43. The van der Waals surface area contributed by atoms with Gasteiger partial charge in [-0.05, 0) is 26.2 Å². The Bertz CT molecular complexity index is 106. The van der Waals surface area contributed by atoms with Crippen molar-refractivity contribution in [3.63, 3.8) is 0 Å². The van der Waals surface area contributed by atoms with Crippen molar-refractivity contribution in [3.05, 3.63) is 0 Å². The van der Waals surface area contributed by atoms with E-state index >= 15 is 0 Å². The highest BCUT2D eigenvalue weighted by Crippen LogP contribution is 2.20. The Morgan fingerprint density at radius 3 is 2.30 bits per heavy atom. The third-order valence-electron chi connectivity index (χ3n) is 2.46. The van der Waals surface area contributed by atoms with Crippen molar-refractivity contribution >= 4 is 0 Å². The minimum absolute atomic E-state index is 0.545. The van der Waals surface area contributed by atoms with E-state index in [-0.39, 0.29) is 0 Å². The highest BCUT2D eigenvalue weighted by atomic mass is 16.3. The molecule has 0 aromatic rings. The second-order valence-corrected chi connectivity index (χ2v) is 3.26. The summed E-state index contributed by atoms with van der Waals surface area (Å²) in [6, 6.07) is 0. The van der Waals surface area contributed by atoms with Gasteiger partial charge in [0.25, 0.3) is 0 Å². The number of hydrogen-bond acceptors (Lipinski definition) is 2. The van der Waals surface area contributed by atoms with Gasteiger partial charge in [0.15, 0.2) is 0 Å². The molecule has 0 aromatic carbocycles. The van der Waals surface area contributed by atoms with Gasteiger partial charge in [-0.3, -0.25) is 4.90 Å². The van der Waals surface area contributed by atoms with Gasteiger partial charge < -0.3 is 5.11 Å². The number of rotatable bonds is 2. The first kappa shape index (κ1) is 8.02. The van der Waals surface area contributed by atoms with E-state index in [1.807, 2.05) is 13.8 Å². The van der Waals surface area contributed by atoms with Gasteiger partial charge >= 0.3 is 0 Å². The number of hydrogen-bond donors (Lipinski definition) is 1. The molecule has 0 spiro atoms. The van der Waals surface area contributed by atoms with Crippen LogP contribution in [-0.4, -0.2) is 28.8 Å². The van der Waals surface area contributed by atoms with Crippen LogP contribution in [0.4, 0.5) is 0 Å². The quantitative estimate of drug-likeness (QED) is 0.628. The predicted molar refractivity (Wildman–Crippen MR) is 41.7 cm³/mol. The van der Waals surface area contributed by atoms with Gasteiger partial charge in [0, 0.05) is 13.1 Å². The molecule has 1 aliphatic heterocycles. The molecule has 1 saturated heterocycles. The molecular formula is C8H17NO. The van der Waals surface area contributed by atoms with Gasteiger partial charge in [-0.15, -0.1) is 0 Å². The van der Waals surface area contributed by atoms with Gasteiger partial charge in [0.1, 0.15) is 5.72 Å². The first-order valence-electron chi connectivity index (χ1n) is 4.14. The minimum atomic E-state index is -0.545. The van der Waals surface area contributed by atoms with Crippen LogP contribution in [0.1, 0.15) is 33.1 Å². The van der Waals surface area contributed by atoms with E-state index in [1.165, 1.54) is 12.8 Å². The van der Waals surface area contributed by atoms with Crippen LogP contribution >= 0.6 is 0 Å². The van der Waals surface area contributed by atoms with Crippen molar-refractivity contribution in [1.29, 1.82) is 0 Å². The van der Waals surface area contributed by atoms with Crippen LogP contribution in [0.5, 0.6) is 0 Å². The zero-order chi connectivity index (χ0) is 7.61. The Balaban J connectivity index is 2.45. The number of likely N-dealkylation sites (tertiary alicyclic amines) is 1. The zero-order valence-corrected chi connectivity index (χ0v) is 6.93. The van der Waals surface area contributed by atoms with Crippen molar-refractivity contribution in [2.45, 2.75) is 38.8 Å². The summed E-state index contributed by atoms with van der Waals surface area (Å²) >= 11 is 0. The third-order valence-corrected chi connectivity index (χ3v) is 2.46. The van der Waals surface area contributed by atoms with Gasteiger partial charge in [-0.25, -0.2) is 0 Å². The summed E-state index contributed by atoms with van der Waals surface area (Å²) in [6.45, 7) is 6.07. The largest absolute Gasteiger partial charge is 0.376 e. The fraction of sp³-hybridized carbons (Fsp3) is 1.00. The molecule has 0 radical (unpaired) electrons. The van der Waals surface area contributed by atoms with Crippen LogP contribution in [0.3, 0.4) is 0 Å². The summed E-state index contributed by atoms with van der Waals surface area (Å²) in [5.41, 5.74) is -0.545. The van der Waals surface area contributed by atoms with Crippen molar-refractivity contribution in [3.8, 4) is 0 Å². The maximum absolute atomic E-state index is 9.75. The highest BCUT2D eigenvalue weighted by molar-refractivity contribution is 4.77. The van der Waals surface area contributed by atoms with Crippen molar-refractivity contribution in [1.82, 2.24) is 4.90 Å². The fourth-order valence-electron chi connectivity index (χ4n) is 1.42. The molecule has 10 heavy (non-hydrogen) atoms. The fourth-order valence-corrected chi connectivity index (χ4v) is 1.42. The van der Waals surface area contributed by atoms with Gasteiger partial charge in [-0.2, -0.15) is 0 Å². The molecule has 0 aliphatic carbocycles. The van der Waals surface area contributed by atoms with E-state index in [4.69, 9.17) is 0 Å². The molecule has 2 heteroatoms. The minimum Gasteiger partial charge on any atom is -0.376 e. The second kappa shape index (κ2) is 2.89. The number of nitrogens with zero attached hydrogens (tertiary/aromatic N) is 1. The van der Waals surface area contributed by atoms with E-state index in [9.17, 15) is 5.11 Å². The Labute approximate surface area is 62.8 Å². The second-order valence-electron chi connectivity index (χ2n) is 3.26. The molecule has 1 rings (SSSR count). The Hall–Kier alpha value is -0.0800. The number of aliphatic hydroxyl groups is 1. The van der Waals surface area contributed by atoms with Crippen molar-refractivity contribution in [2.24, 2.45) is 0 Å². The summed E-state index contributed by atoms with van der Waals surface area (Å²) in [4.78, 5) is 2.16. The molecule has 1 fully saturated rings. The van der Waals surface area contributed by atoms with Crippen LogP contribution in [0.15, 0.2) is 0 Å². The van der Waals surface area contributed by atoms with Crippen LogP contribution < -0.4 is 0 Å². The summed E-state index contributed by atoms with van der Waals surface area (Å²) in [5, 5.41) is 9.75. The molecule has 0 bridgehead atoms.